The Kier molecular flexibility index (Phi) is 5.68. The van der Waals surface area contributed by atoms with Crippen LogP contribution in [0, 0.1) is 5.92 Å². The second-order valence-electron chi connectivity index (χ2n) is 7.83. The van der Waals surface area contributed by atoms with E-state index in [-0.39, 0.29) is 17.4 Å². The van der Waals surface area contributed by atoms with E-state index in [2.05, 4.69) is 24.2 Å². The van der Waals surface area contributed by atoms with Gasteiger partial charge in [-0.1, -0.05) is 31.4 Å². The summed E-state index contributed by atoms with van der Waals surface area (Å²) in [5.74, 6) is 0.624. The molecule has 0 saturated carbocycles. The number of anilines is 2. The number of methoxy groups -OCH3 is 1. The van der Waals surface area contributed by atoms with Crippen LogP contribution in [0.15, 0.2) is 12.1 Å². The number of nitrogens with one attached hydrogen (secondary N) is 1. The van der Waals surface area contributed by atoms with Crippen molar-refractivity contribution in [1.82, 2.24) is 4.90 Å². The van der Waals surface area contributed by atoms with Gasteiger partial charge in [0.2, 0.25) is 5.91 Å². The van der Waals surface area contributed by atoms with Crippen molar-refractivity contribution < 1.29 is 9.53 Å². The van der Waals surface area contributed by atoms with E-state index in [1.165, 1.54) is 32.1 Å². The van der Waals surface area contributed by atoms with Gasteiger partial charge in [0.15, 0.2) is 0 Å². The molecule has 3 N–H and O–H groups in total. The summed E-state index contributed by atoms with van der Waals surface area (Å²) in [5, 5.41) is 3.45. The summed E-state index contributed by atoms with van der Waals surface area (Å²) in [7, 11) is 3.80. The van der Waals surface area contributed by atoms with Crippen LogP contribution in [0.25, 0.3) is 0 Å². The number of nitrogen functional groups attached to an aromatic ring is 1. The number of hydrogen-bond donors (Lipinski definition) is 2. The number of carbonyl (C=O) groups excluding carboxylic acids is 1. The first-order chi connectivity index (χ1) is 12.4. The molecule has 3 atom stereocenters. The Bertz CT molecular complexity index is 681. The van der Waals surface area contributed by atoms with E-state index < -0.39 is 0 Å². The molecule has 0 aliphatic carbocycles. The van der Waals surface area contributed by atoms with Crippen molar-refractivity contribution in [2.24, 2.45) is 5.92 Å². The number of halogens is 1. The van der Waals surface area contributed by atoms with Gasteiger partial charge in [0.1, 0.15) is 5.75 Å². The highest BCUT2D eigenvalue weighted by Crippen LogP contribution is 2.48. The number of ether oxygens (including phenoxy) is 1. The van der Waals surface area contributed by atoms with Crippen LogP contribution >= 0.6 is 11.6 Å². The van der Waals surface area contributed by atoms with Gasteiger partial charge in [-0.15, -0.1) is 0 Å². The van der Waals surface area contributed by atoms with E-state index in [1.54, 1.807) is 19.2 Å². The van der Waals surface area contributed by atoms with Crippen molar-refractivity contribution in [2.45, 2.75) is 63.5 Å². The molecule has 1 aromatic rings. The zero-order chi connectivity index (χ0) is 18.9. The third-order valence-electron chi connectivity index (χ3n) is 6.36. The standard InChI is InChI=1S/C20H30ClN3O2/c1-4-5-7-20-8-6-14(24(20)2)9-13(12-20)19(25)23-17-10-15(21)16(22)11-18(17)26-3/h10-11,13-14H,4-9,12,22H2,1-3H3,(H,23,25). The van der Waals surface area contributed by atoms with Crippen molar-refractivity contribution in [2.75, 3.05) is 25.2 Å². The summed E-state index contributed by atoms with van der Waals surface area (Å²) >= 11 is 6.13. The highest BCUT2D eigenvalue weighted by atomic mass is 35.5. The highest BCUT2D eigenvalue weighted by Gasteiger charge is 2.50. The van der Waals surface area contributed by atoms with Gasteiger partial charge in [-0.05, 0) is 45.2 Å². The number of nitrogens with two attached hydrogens (primary N) is 1. The molecule has 1 amide bonds. The maximum atomic E-state index is 13.0. The third kappa shape index (κ3) is 3.52. The van der Waals surface area contributed by atoms with Gasteiger partial charge in [0.25, 0.3) is 0 Å². The minimum atomic E-state index is 0.0246. The predicted molar refractivity (Wildman–Crippen MR) is 107 cm³/mol. The smallest absolute Gasteiger partial charge is 0.227 e. The molecule has 3 rings (SSSR count). The second kappa shape index (κ2) is 7.65. The number of unbranched alkanes of at least 4 members (excludes halogenated alkanes) is 1. The average Bonchev–Trinajstić information content (AvgIpc) is 2.81. The van der Waals surface area contributed by atoms with Gasteiger partial charge in [-0.25, -0.2) is 0 Å². The largest absolute Gasteiger partial charge is 0.494 e. The quantitative estimate of drug-likeness (QED) is 0.723. The van der Waals surface area contributed by atoms with Crippen LogP contribution in [0.5, 0.6) is 5.75 Å². The highest BCUT2D eigenvalue weighted by molar-refractivity contribution is 6.33. The van der Waals surface area contributed by atoms with Gasteiger partial charge in [0.05, 0.1) is 23.5 Å². The summed E-state index contributed by atoms with van der Waals surface area (Å²) in [6.45, 7) is 2.23. The number of fused-ring (bicyclic) bond motifs is 2. The van der Waals surface area contributed by atoms with E-state index in [0.717, 1.165) is 12.8 Å². The van der Waals surface area contributed by atoms with E-state index in [9.17, 15) is 4.79 Å². The minimum Gasteiger partial charge on any atom is -0.494 e. The Morgan fingerprint density at radius 2 is 2.27 bits per heavy atom. The van der Waals surface area contributed by atoms with Gasteiger partial charge < -0.3 is 15.8 Å². The van der Waals surface area contributed by atoms with Crippen LogP contribution in [0.4, 0.5) is 11.4 Å². The molecule has 144 valence electrons. The predicted octanol–water partition coefficient (Wildman–Crippen LogP) is 4.30. The molecule has 3 unspecified atom stereocenters. The molecule has 2 bridgehead atoms. The summed E-state index contributed by atoms with van der Waals surface area (Å²) in [5.41, 5.74) is 7.05. The summed E-state index contributed by atoms with van der Waals surface area (Å²) in [6.07, 6.45) is 7.83. The number of piperidine rings is 1. The number of amides is 1. The van der Waals surface area contributed by atoms with Crippen LogP contribution in [0.2, 0.25) is 5.02 Å². The van der Waals surface area contributed by atoms with E-state index in [1.807, 2.05) is 0 Å². The van der Waals surface area contributed by atoms with Crippen molar-refractivity contribution in [1.29, 1.82) is 0 Å². The molecule has 0 spiro atoms. The second-order valence-corrected chi connectivity index (χ2v) is 8.24. The number of nitrogens with zero attached hydrogens (tertiary/aromatic N) is 1. The van der Waals surface area contributed by atoms with Crippen LogP contribution < -0.4 is 15.8 Å². The number of carbonyl (C=O) groups is 1. The SMILES string of the molecule is CCCCC12CCC(CC(C(=O)Nc3cc(Cl)c(N)cc3OC)C1)N2C. The zero-order valence-electron chi connectivity index (χ0n) is 16.0. The topological polar surface area (TPSA) is 67.6 Å². The lowest BCUT2D eigenvalue weighted by Gasteiger charge is -2.45. The van der Waals surface area contributed by atoms with Gasteiger partial charge >= 0.3 is 0 Å². The van der Waals surface area contributed by atoms with Crippen LogP contribution in [-0.4, -0.2) is 36.5 Å². The fraction of sp³-hybridized carbons (Fsp3) is 0.650. The van der Waals surface area contributed by atoms with E-state index >= 15 is 0 Å². The maximum absolute atomic E-state index is 13.0. The molecule has 5 nitrogen and oxygen atoms in total. The molecule has 0 radical (unpaired) electrons. The van der Waals surface area contributed by atoms with Crippen molar-refractivity contribution in [3.63, 3.8) is 0 Å². The van der Waals surface area contributed by atoms with Gasteiger partial charge in [-0.2, -0.15) is 0 Å². The van der Waals surface area contributed by atoms with Crippen molar-refractivity contribution in [3.8, 4) is 5.75 Å². The summed E-state index contributed by atoms with van der Waals surface area (Å²) < 4.78 is 5.35. The monoisotopic (exact) mass is 379 g/mol. The lowest BCUT2D eigenvalue weighted by molar-refractivity contribution is -0.123. The summed E-state index contributed by atoms with van der Waals surface area (Å²) in [6, 6.07) is 3.83. The molecule has 26 heavy (non-hydrogen) atoms. The number of hydrogen-bond acceptors (Lipinski definition) is 4. The Labute approximate surface area is 161 Å². The number of benzene rings is 1. The Balaban J connectivity index is 1.76. The fourth-order valence-electron chi connectivity index (χ4n) is 4.76. The molecule has 0 aromatic heterocycles. The minimum absolute atomic E-state index is 0.0246. The molecule has 2 aliphatic heterocycles. The molecular formula is C20H30ClN3O2. The maximum Gasteiger partial charge on any atom is 0.227 e. The molecule has 2 fully saturated rings. The Morgan fingerprint density at radius 1 is 1.50 bits per heavy atom. The van der Waals surface area contributed by atoms with Gasteiger partial charge in [0, 0.05) is 23.6 Å². The normalized spacial score (nSPS) is 28.2. The number of rotatable bonds is 6. The van der Waals surface area contributed by atoms with Crippen LogP contribution in [-0.2, 0) is 4.79 Å². The van der Waals surface area contributed by atoms with Crippen molar-refractivity contribution in [3.05, 3.63) is 17.2 Å². The lowest BCUT2D eigenvalue weighted by Crippen LogP contribution is -2.52. The van der Waals surface area contributed by atoms with Gasteiger partial charge in [-0.3, -0.25) is 9.69 Å². The molecule has 2 heterocycles. The molecule has 2 saturated heterocycles. The summed E-state index contributed by atoms with van der Waals surface area (Å²) in [4.78, 5) is 15.6. The first-order valence-electron chi connectivity index (χ1n) is 9.57. The van der Waals surface area contributed by atoms with Crippen LogP contribution in [0.1, 0.15) is 51.9 Å². The zero-order valence-corrected chi connectivity index (χ0v) is 16.7. The van der Waals surface area contributed by atoms with E-state index in [0.29, 0.717) is 28.2 Å². The molecule has 2 aliphatic rings. The Hall–Kier alpha value is -1.46. The Morgan fingerprint density at radius 3 is 2.96 bits per heavy atom. The average molecular weight is 380 g/mol. The first-order valence-corrected chi connectivity index (χ1v) is 9.95. The first kappa shape index (κ1) is 19.3. The lowest BCUT2D eigenvalue weighted by atomic mass is 9.78. The fourth-order valence-corrected chi connectivity index (χ4v) is 4.93. The third-order valence-corrected chi connectivity index (χ3v) is 6.69. The molecule has 6 heteroatoms. The van der Waals surface area contributed by atoms with E-state index in [4.69, 9.17) is 22.1 Å². The van der Waals surface area contributed by atoms with Crippen LogP contribution in [0.3, 0.4) is 0 Å². The van der Waals surface area contributed by atoms with Crippen molar-refractivity contribution >= 4 is 28.9 Å². The molecular weight excluding hydrogens is 350 g/mol. The molecule has 1 aromatic carbocycles.